The number of hydrogen-bond donors (Lipinski definition) is 0. The molecular weight excluding hydrogens is 258 g/mol. The molecule has 0 aliphatic heterocycles. The van der Waals surface area contributed by atoms with Crippen molar-refractivity contribution < 1.29 is 19.1 Å². The summed E-state index contributed by atoms with van der Waals surface area (Å²) >= 11 is 0. The molecule has 0 aromatic heterocycles. The van der Waals surface area contributed by atoms with E-state index in [2.05, 4.69) is 0 Å². The van der Waals surface area contributed by atoms with Crippen LogP contribution in [0.1, 0.15) is 40.5 Å². The topological polar surface area (TPSA) is 55.8 Å². The van der Waals surface area contributed by atoms with Crippen LogP contribution in [0.15, 0.2) is 0 Å². The van der Waals surface area contributed by atoms with Crippen molar-refractivity contribution in [2.45, 2.75) is 46.6 Å². The van der Waals surface area contributed by atoms with Gasteiger partial charge in [0.2, 0.25) is 5.91 Å². The summed E-state index contributed by atoms with van der Waals surface area (Å²) in [6.45, 7) is 8.76. The van der Waals surface area contributed by atoms with Gasteiger partial charge in [-0.15, -0.1) is 0 Å². The number of carbonyl (C=O) groups is 2. The van der Waals surface area contributed by atoms with Gasteiger partial charge < -0.3 is 14.4 Å². The van der Waals surface area contributed by atoms with Gasteiger partial charge in [0.1, 0.15) is 5.92 Å². The SMILES string of the molecule is CCOC(=O)C(C(=O)N(CCOC)C1CC1)C(C)(C)C. The lowest BCUT2D eigenvalue weighted by atomic mass is 9.79. The minimum Gasteiger partial charge on any atom is -0.465 e. The lowest BCUT2D eigenvalue weighted by molar-refractivity contribution is -0.161. The van der Waals surface area contributed by atoms with Gasteiger partial charge in [-0.25, -0.2) is 0 Å². The molecular formula is C15H27NO4. The zero-order valence-corrected chi connectivity index (χ0v) is 13.3. The molecule has 1 amide bonds. The Balaban J connectivity index is 2.87. The summed E-state index contributed by atoms with van der Waals surface area (Å²) < 4.78 is 10.2. The van der Waals surface area contributed by atoms with Gasteiger partial charge in [-0.1, -0.05) is 20.8 Å². The fourth-order valence-corrected chi connectivity index (χ4v) is 2.26. The number of amides is 1. The second-order valence-electron chi connectivity index (χ2n) is 6.31. The van der Waals surface area contributed by atoms with Crippen LogP contribution in [0.4, 0.5) is 0 Å². The average molecular weight is 285 g/mol. The lowest BCUT2D eigenvalue weighted by Crippen LogP contribution is -2.47. The van der Waals surface area contributed by atoms with E-state index >= 15 is 0 Å². The quantitative estimate of drug-likeness (QED) is 0.529. The molecule has 0 aromatic rings. The third kappa shape index (κ3) is 4.47. The number of carbonyl (C=O) groups excluding carboxylic acids is 2. The van der Waals surface area contributed by atoms with Crippen LogP contribution in [0.5, 0.6) is 0 Å². The maximum Gasteiger partial charge on any atom is 0.319 e. The van der Waals surface area contributed by atoms with Gasteiger partial charge in [-0.05, 0) is 25.2 Å². The maximum atomic E-state index is 12.8. The Morgan fingerprint density at radius 3 is 2.30 bits per heavy atom. The van der Waals surface area contributed by atoms with Gasteiger partial charge in [0.05, 0.1) is 13.2 Å². The number of nitrogens with zero attached hydrogens (tertiary/aromatic N) is 1. The molecule has 0 heterocycles. The Labute approximate surface area is 121 Å². The molecule has 1 aliphatic rings. The minimum atomic E-state index is -0.750. The standard InChI is InChI=1S/C15H27NO4/c1-6-20-14(18)12(15(2,3)4)13(17)16(9-10-19-5)11-7-8-11/h11-12H,6-10H2,1-5H3. The molecule has 1 rings (SSSR count). The van der Waals surface area contributed by atoms with E-state index in [1.807, 2.05) is 20.8 Å². The summed E-state index contributed by atoms with van der Waals surface area (Å²) in [4.78, 5) is 26.7. The molecule has 1 atom stereocenters. The Bertz CT molecular complexity index is 344. The summed E-state index contributed by atoms with van der Waals surface area (Å²) in [5.74, 6) is -1.30. The van der Waals surface area contributed by atoms with E-state index in [4.69, 9.17) is 9.47 Å². The molecule has 1 saturated carbocycles. The van der Waals surface area contributed by atoms with Crippen LogP contribution in [0.25, 0.3) is 0 Å². The Morgan fingerprint density at radius 1 is 1.30 bits per heavy atom. The van der Waals surface area contributed by atoms with Gasteiger partial charge in [-0.2, -0.15) is 0 Å². The number of ether oxygens (including phenoxy) is 2. The molecule has 116 valence electrons. The van der Waals surface area contributed by atoms with Gasteiger partial charge in [-0.3, -0.25) is 9.59 Å². The van der Waals surface area contributed by atoms with E-state index in [9.17, 15) is 9.59 Å². The van der Waals surface area contributed by atoms with Crippen molar-refractivity contribution in [3.05, 3.63) is 0 Å². The van der Waals surface area contributed by atoms with E-state index in [0.717, 1.165) is 12.8 Å². The third-order valence-electron chi connectivity index (χ3n) is 3.44. The fourth-order valence-electron chi connectivity index (χ4n) is 2.26. The van der Waals surface area contributed by atoms with Crippen LogP contribution < -0.4 is 0 Å². The van der Waals surface area contributed by atoms with Gasteiger partial charge in [0.15, 0.2) is 0 Å². The molecule has 20 heavy (non-hydrogen) atoms. The minimum absolute atomic E-state index is 0.129. The monoisotopic (exact) mass is 285 g/mol. The number of rotatable bonds is 7. The van der Waals surface area contributed by atoms with E-state index < -0.39 is 17.3 Å². The highest BCUT2D eigenvalue weighted by molar-refractivity contribution is 5.98. The highest BCUT2D eigenvalue weighted by atomic mass is 16.5. The van der Waals surface area contributed by atoms with Crippen molar-refractivity contribution in [2.75, 3.05) is 26.9 Å². The van der Waals surface area contributed by atoms with E-state index in [1.165, 1.54) is 0 Å². The Hall–Kier alpha value is -1.10. The van der Waals surface area contributed by atoms with Crippen molar-refractivity contribution in [3.63, 3.8) is 0 Å². The zero-order chi connectivity index (χ0) is 15.3. The van der Waals surface area contributed by atoms with Gasteiger partial charge in [0, 0.05) is 19.7 Å². The van der Waals surface area contributed by atoms with Crippen LogP contribution >= 0.6 is 0 Å². The van der Waals surface area contributed by atoms with E-state index in [0.29, 0.717) is 19.8 Å². The first-order valence-electron chi connectivity index (χ1n) is 7.29. The van der Waals surface area contributed by atoms with Crippen molar-refractivity contribution in [1.82, 2.24) is 4.90 Å². The molecule has 1 aliphatic carbocycles. The largest absolute Gasteiger partial charge is 0.465 e. The van der Waals surface area contributed by atoms with Crippen LogP contribution in [-0.4, -0.2) is 49.7 Å². The first-order valence-corrected chi connectivity index (χ1v) is 7.29. The molecule has 0 radical (unpaired) electrons. The molecule has 0 spiro atoms. The van der Waals surface area contributed by atoms with Crippen molar-refractivity contribution >= 4 is 11.9 Å². The normalized spacial score (nSPS) is 16.6. The molecule has 0 bridgehead atoms. The second kappa shape index (κ2) is 7.07. The van der Waals surface area contributed by atoms with Crippen LogP contribution in [0.2, 0.25) is 0 Å². The average Bonchev–Trinajstić information content (AvgIpc) is 3.12. The van der Waals surface area contributed by atoms with Crippen LogP contribution in [0.3, 0.4) is 0 Å². The zero-order valence-electron chi connectivity index (χ0n) is 13.3. The summed E-state index contributed by atoms with van der Waals surface area (Å²) in [5.41, 5.74) is -0.455. The molecule has 5 nitrogen and oxygen atoms in total. The van der Waals surface area contributed by atoms with E-state index in [1.54, 1.807) is 18.9 Å². The fraction of sp³-hybridized carbons (Fsp3) is 0.867. The molecule has 1 unspecified atom stereocenters. The highest BCUT2D eigenvalue weighted by Gasteiger charge is 2.44. The molecule has 0 saturated heterocycles. The highest BCUT2D eigenvalue weighted by Crippen LogP contribution is 2.34. The van der Waals surface area contributed by atoms with Crippen LogP contribution in [-0.2, 0) is 19.1 Å². The van der Waals surface area contributed by atoms with E-state index in [-0.39, 0.29) is 11.9 Å². The smallest absolute Gasteiger partial charge is 0.319 e. The Morgan fingerprint density at radius 2 is 1.90 bits per heavy atom. The molecule has 0 N–H and O–H groups in total. The summed E-state index contributed by atoms with van der Waals surface area (Å²) in [5, 5.41) is 0. The van der Waals surface area contributed by atoms with Crippen LogP contribution in [0, 0.1) is 11.3 Å². The molecule has 1 fully saturated rings. The van der Waals surface area contributed by atoms with Gasteiger partial charge >= 0.3 is 5.97 Å². The predicted octanol–water partition coefficient (Wildman–Crippen LogP) is 1.85. The summed E-state index contributed by atoms with van der Waals surface area (Å²) in [6, 6.07) is 0.261. The van der Waals surface area contributed by atoms with Crippen molar-refractivity contribution in [2.24, 2.45) is 11.3 Å². The van der Waals surface area contributed by atoms with Crippen molar-refractivity contribution in [1.29, 1.82) is 0 Å². The number of methoxy groups -OCH3 is 1. The molecule has 5 heteroatoms. The first-order chi connectivity index (χ1) is 9.32. The molecule has 0 aromatic carbocycles. The Kier molecular flexibility index (Phi) is 5.99. The van der Waals surface area contributed by atoms with Gasteiger partial charge in [0.25, 0.3) is 0 Å². The summed E-state index contributed by atoms with van der Waals surface area (Å²) in [6.07, 6.45) is 2.02. The first kappa shape index (κ1) is 17.0. The van der Waals surface area contributed by atoms with Crippen molar-refractivity contribution in [3.8, 4) is 0 Å². The maximum absolute atomic E-state index is 12.8. The summed E-state index contributed by atoms with van der Waals surface area (Å²) in [7, 11) is 1.61. The number of esters is 1. The second-order valence-corrected chi connectivity index (χ2v) is 6.31. The third-order valence-corrected chi connectivity index (χ3v) is 3.44. The predicted molar refractivity (Wildman–Crippen MR) is 76.2 cm³/mol. The lowest BCUT2D eigenvalue weighted by Gasteiger charge is -2.33. The number of hydrogen-bond acceptors (Lipinski definition) is 4.